The summed E-state index contributed by atoms with van der Waals surface area (Å²) < 4.78 is 32.5. The van der Waals surface area contributed by atoms with E-state index in [1.807, 2.05) is 6.92 Å². The molecule has 2 aliphatic rings. The lowest BCUT2D eigenvalue weighted by molar-refractivity contribution is 0.124. The molecule has 1 aliphatic carbocycles. The Morgan fingerprint density at radius 2 is 2.00 bits per heavy atom. The van der Waals surface area contributed by atoms with Crippen molar-refractivity contribution in [3.05, 3.63) is 0 Å². The van der Waals surface area contributed by atoms with Crippen LogP contribution >= 0.6 is 0 Å². The molecule has 2 N–H and O–H groups in total. The van der Waals surface area contributed by atoms with Gasteiger partial charge in [-0.25, -0.2) is 8.42 Å². The SMILES string of the molecule is CCN(C1(CN)CCCC1)S(=O)(=O)CC1CCCO1. The van der Waals surface area contributed by atoms with Gasteiger partial charge in [-0.15, -0.1) is 0 Å². The number of hydrogen-bond donors (Lipinski definition) is 1. The maximum absolute atomic E-state index is 12.7. The molecule has 2 fully saturated rings. The summed E-state index contributed by atoms with van der Waals surface area (Å²) in [6, 6.07) is 0. The van der Waals surface area contributed by atoms with Gasteiger partial charge in [0.25, 0.3) is 0 Å². The van der Waals surface area contributed by atoms with Crippen molar-refractivity contribution >= 4 is 10.0 Å². The average Bonchev–Trinajstić information content (AvgIpc) is 3.01. The van der Waals surface area contributed by atoms with Gasteiger partial charge in [-0.05, 0) is 25.7 Å². The summed E-state index contributed by atoms with van der Waals surface area (Å²) >= 11 is 0. The molecule has 2 rings (SSSR count). The third kappa shape index (κ3) is 3.12. The van der Waals surface area contributed by atoms with Gasteiger partial charge in [0.1, 0.15) is 0 Å². The van der Waals surface area contributed by atoms with Crippen molar-refractivity contribution in [3.8, 4) is 0 Å². The number of likely N-dealkylation sites (N-methyl/N-ethyl adjacent to an activating group) is 1. The Labute approximate surface area is 116 Å². The molecule has 0 aromatic rings. The van der Waals surface area contributed by atoms with Crippen LogP contribution in [-0.4, -0.2) is 49.8 Å². The maximum Gasteiger partial charge on any atom is 0.217 e. The van der Waals surface area contributed by atoms with Gasteiger partial charge in [0.05, 0.1) is 11.9 Å². The first-order valence-corrected chi connectivity index (χ1v) is 8.97. The predicted octanol–water partition coefficient (Wildman–Crippen LogP) is 1.09. The Morgan fingerprint density at radius 3 is 2.47 bits per heavy atom. The fourth-order valence-electron chi connectivity index (χ4n) is 3.52. The number of nitrogens with zero attached hydrogens (tertiary/aromatic N) is 1. The standard InChI is InChI=1S/C13H26N2O3S/c1-2-15(13(11-14)7-3-4-8-13)19(16,17)10-12-6-5-9-18-12/h12H,2-11,14H2,1H3. The number of hydrogen-bond acceptors (Lipinski definition) is 4. The Kier molecular flexibility index (Phi) is 4.87. The van der Waals surface area contributed by atoms with Crippen LogP contribution in [-0.2, 0) is 14.8 Å². The van der Waals surface area contributed by atoms with Crippen molar-refractivity contribution in [3.63, 3.8) is 0 Å². The Balaban J connectivity index is 2.14. The van der Waals surface area contributed by atoms with Crippen LogP contribution < -0.4 is 5.73 Å². The number of nitrogens with two attached hydrogens (primary N) is 1. The molecule has 0 spiro atoms. The van der Waals surface area contributed by atoms with E-state index in [0.29, 0.717) is 19.7 Å². The minimum atomic E-state index is -3.28. The molecule has 1 saturated heterocycles. The molecule has 0 aromatic carbocycles. The van der Waals surface area contributed by atoms with E-state index in [-0.39, 0.29) is 17.4 Å². The maximum atomic E-state index is 12.7. The monoisotopic (exact) mass is 290 g/mol. The van der Waals surface area contributed by atoms with Crippen molar-refractivity contribution in [1.29, 1.82) is 0 Å². The minimum absolute atomic E-state index is 0.114. The van der Waals surface area contributed by atoms with Gasteiger partial charge in [0.2, 0.25) is 10.0 Å². The van der Waals surface area contributed by atoms with Crippen molar-refractivity contribution in [2.24, 2.45) is 5.73 Å². The van der Waals surface area contributed by atoms with Crippen LogP contribution in [0.5, 0.6) is 0 Å². The summed E-state index contributed by atoms with van der Waals surface area (Å²) in [6.45, 7) is 3.52. The first-order valence-electron chi connectivity index (χ1n) is 7.36. The molecule has 0 radical (unpaired) electrons. The van der Waals surface area contributed by atoms with Crippen LogP contribution in [0.2, 0.25) is 0 Å². The molecule has 6 heteroatoms. The molecule has 19 heavy (non-hydrogen) atoms. The van der Waals surface area contributed by atoms with Gasteiger partial charge in [-0.2, -0.15) is 4.31 Å². The van der Waals surface area contributed by atoms with Crippen molar-refractivity contribution < 1.29 is 13.2 Å². The second kappa shape index (κ2) is 6.08. The van der Waals surface area contributed by atoms with Gasteiger partial charge in [0, 0.05) is 25.2 Å². The highest BCUT2D eigenvalue weighted by molar-refractivity contribution is 7.89. The molecule has 5 nitrogen and oxygen atoms in total. The zero-order valence-corrected chi connectivity index (χ0v) is 12.6. The van der Waals surface area contributed by atoms with E-state index in [4.69, 9.17) is 10.5 Å². The molecule has 0 bridgehead atoms. The predicted molar refractivity (Wildman–Crippen MR) is 75.4 cm³/mol. The molecule has 0 aromatic heterocycles. The van der Waals surface area contributed by atoms with E-state index >= 15 is 0 Å². The number of ether oxygens (including phenoxy) is 1. The molecular formula is C13H26N2O3S. The van der Waals surface area contributed by atoms with Crippen LogP contribution in [0.3, 0.4) is 0 Å². The molecule has 1 heterocycles. The lowest BCUT2D eigenvalue weighted by Gasteiger charge is -2.39. The molecule has 112 valence electrons. The molecule has 1 saturated carbocycles. The van der Waals surface area contributed by atoms with Crippen LogP contribution in [0.15, 0.2) is 0 Å². The quantitative estimate of drug-likeness (QED) is 0.795. The van der Waals surface area contributed by atoms with E-state index in [2.05, 4.69) is 0 Å². The molecular weight excluding hydrogens is 264 g/mol. The molecule has 0 amide bonds. The smallest absolute Gasteiger partial charge is 0.217 e. The first-order chi connectivity index (χ1) is 9.04. The van der Waals surface area contributed by atoms with E-state index in [9.17, 15) is 8.42 Å². The summed E-state index contributed by atoms with van der Waals surface area (Å²) in [7, 11) is -3.28. The summed E-state index contributed by atoms with van der Waals surface area (Å²) in [4.78, 5) is 0. The third-order valence-electron chi connectivity index (χ3n) is 4.49. The second-order valence-corrected chi connectivity index (χ2v) is 7.65. The van der Waals surface area contributed by atoms with Crippen LogP contribution in [0.25, 0.3) is 0 Å². The van der Waals surface area contributed by atoms with Gasteiger partial charge in [-0.1, -0.05) is 19.8 Å². The summed E-state index contributed by atoms with van der Waals surface area (Å²) in [6.07, 6.45) is 5.62. The van der Waals surface area contributed by atoms with Gasteiger partial charge >= 0.3 is 0 Å². The topological polar surface area (TPSA) is 72.6 Å². The minimum Gasteiger partial charge on any atom is -0.377 e. The summed E-state index contributed by atoms with van der Waals surface area (Å²) in [5.74, 6) is 0.114. The second-order valence-electron chi connectivity index (χ2n) is 5.71. The average molecular weight is 290 g/mol. The van der Waals surface area contributed by atoms with Crippen molar-refractivity contribution in [2.75, 3.05) is 25.4 Å². The van der Waals surface area contributed by atoms with E-state index in [1.54, 1.807) is 4.31 Å². The molecule has 1 unspecified atom stereocenters. The van der Waals surface area contributed by atoms with E-state index < -0.39 is 10.0 Å². The largest absolute Gasteiger partial charge is 0.377 e. The third-order valence-corrected chi connectivity index (χ3v) is 6.60. The Bertz CT molecular complexity index is 385. The number of rotatable bonds is 6. The Morgan fingerprint density at radius 1 is 1.32 bits per heavy atom. The van der Waals surface area contributed by atoms with Crippen LogP contribution in [0.4, 0.5) is 0 Å². The van der Waals surface area contributed by atoms with E-state index in [0.717, 1.165) is 38.5 Å². The van der Waals surface area contributed by atoms with Crippen molar-refractivity contribution in [2.45, 2.75) is 57.1 Å². The summed E-state index contributed by atoms with van der Waals surface area (Å²) in [5, 5.41) is 0. The van der Waals surface area contributed by atoms with Gasteiger partial charge in [0.15, 0.2) is 0 Å². The fourth-order valence-corrected chi connectivity index (χ4v) is 5.67. The highest BCUT2D eigenvalue weighted by Gasteiger charge is 2.44. The fraction of sp³-hybridized carbons (Fsp3) is 1.00. The lowest BCUT2D eigenvalue weighted by atomic mass is 9.98. The van der Waals surface area contributed by atoms with Crippen LogP contribution in [0.1, 0.15) is 45.4 Å². The highest BCUT2D eigenvalue weighted by atomic mass is 32.2. The number of sulfonamides is 1. The van der Waals surface area contributed by atoms with E-state index in [1.165, 1.54) is 0 Å². The molecule has 1 aliphatic heterocycles. The zero-order chi connectivity index (χ0) is 13.9. The van der Waals surface area contributed by atoms with Crippen LogP contribution in [0, 0.1) is 0 Å². The van der Waals surface area contributed by atoms with Gasteiger partial charge in [-0.3, -0.25) is 0 Å². The van der Waals surface area contributed by atoms with Crippen molar-refractivity contribution in [1.82, 2.24) is 4.31 Å². The lowest BCUT2D eigenvalue weighted by Crippen LogP contribution is -2.55. The first kappa shape index (κ1) is 15.2. The highest BCUT2D eigenvalue weighted by Crippen LogP contribution is 2.36. The molecule has 1 atom stereocenters. The normalized spacial score (nSPS) is 27.2. The Hall–Kier alpha value is -0.170. The van der Waals surface area contributed by atoms with Gasteiger partial charge < -0.3 is 10.5 Å². The zero-order valence-electron chi connectivity index (χ0n) is 11.8. The summed E-state index contributed by atoms with van der Waals surface area (Å²) in [5.41, 5.74) is 5.57.